The van der Waals surface area contributed by atoms with E-state index in [2.05, 4.69) is 25.6 Å². The van der Waals surface area contributed by atoms with Gasteiger partial charge in [0, 0.05) is 36.3 Å². The summed E-state index contributed by atoms with van der Waals surface area (Å²) < 4.78 is 31.9. The van der Waals surface area contributed by atoms with Gasteiger partial charge in [-0.1, -0.05) is 49.7 Å². The number of sulfonamides is 1. The summed E-state index contributed by atoms with van der Waals surface area (Å²) in [5.74, 6) is 0.266. The van der Waals surface area contributed by atoms with Crippen molar-refractivity contribution in [1.82, 2.24) is 19.3 Å². The summed E-state index contributed by atoms with van der Waals surface area (Å²) in [5.41, 5.74) is 3.90. The van der Waals surface area contributed by atoms with E-state index in [-0.39, 0.29) is 17.3 Å². The van der Waals surface area contributed by atoms with E-state index in [1.54, 1.807) is 43.5 Å². The summed E-state index contributed by atoms with van der Waals surface area (Å²) in [6, 6.07) is 15.8. The van der Waals surface area contributed by atoms with Gasteiger partial charge in [0.15, 0.2) is 5.65 Å². The molecule has 2 aromatic heterocycles. The molecule has 0 aliphatic heterocycles. The molecule has 2 aromatic carbocycles. The fraction of sp³-hybridized carbons (Fsp3) is 0.286. The third kappa shape index (κ3) is 6.85. The van der Waals surface area contributed by atoms with E-state index in [1.165, 1.54) is 4.31 Å². The number of hydrogen-bond acceptors (Lipinski definition) is 8. The Morgan fingerprint density at radius 1 is 1.00 bits per heavy atom. The zero-order chi connectivity index (χ0) is 28.7. The number of ether oxygens (including phenoxy) is 1. The molecule has 0 atom stereocenters. The largest absolute Gasteiger partial charge is 0.450 e. The van der Waals surface area contributed by atoms with Gasteiger partial charge in [-0.3, -0.25) is 5.32 Å². The van der Waals surface area contributed by atoms with Crippen LogP contribution in [0.1, 0.15) is 26.3 Å². The maximum atomic E-state index is 12.8. The number of carbonyl (C=O) groups excluding carboxylic acids is 1. The van der Waals surface area contributed by atoms with Crippen molar-refractivity contribution in [2.75, 3.05) is 36.9 Å². The minimum Gasteiger partial charge on any atom is -0.450 e. The van der Waals surface area contributed by atoms with Crippen molar-refractivity contribution in [3.8, 4) is 11.3 Å². The monoisotopic (exact) mass is 582 g/mol. The molecule has 1 amide bonds. The molecule has 2 heterocycles. The molecule has 0 saturated carbocycles. The van der Waals surface area contributed by atoms with Crippen molar-refractivity contribution in [2.45, 2.75) is 32.1 Å². The zero-order valence-corrected chi connectivity index (χ0v) is 24.1. The van der Waals surface area contributed by atoms with E-state index in [1.807, 2.05) is 38.1 Å². The van der Waals surface area contributed by atoms with Crippen LogP contribution >= 0.6 is 11.6 Å². The van der Waals surface area contributed by atoms with Crippen LogP contribution in [0.5, 0.6) is 0 Å². The number of hydrogen-bond donors (Lipinski definition) is 2. The number of pyridine rings is 1. The smallest absolute Gasteiger partial charge is 0.412 e. The van der Waals surface area contributed by atoms with Crippen molar-refractivity contribution in [2.24, 2.45) is 0 Å². The van der Waals surface area contributed by atoms with Gasteiger partial charge in [0.05, 0.1) is 29.1 Å². The number of aromatic nitrogens is 3. The zero-order valence-electron chi connectivity index (χ0n) is 22.5. The van der Waals surface area contributed by atoms with Crippen LogP contribution in [0, 0.1) is 0 Å². The highest BCUT2D eigenvalue weighted by molar-refractivity contribution is 7.89. The average Bonchev–Trinajstić information content (AvgIpc) is 2.94. The second-order valence-corrected chi connectivity index (χ2v) is 11.1. The number of rotatable bonds is 11. The predicted octanol–water partition coefficient (Wildman–Crippen LogP) is 5.60. The molecular weight excluding hydrogens is 552 g/mol. The molecule has 12 heteroatoms. The van der Waals surface area contributed by atoms with E-state index in [0.717, 1.165) is 11.1 Å². The Balaban J connectivity index is 1.56. The third-order valence-corrected chi connectivity index (χ3v) is 8.47. The van der Waals surface area contributed by atoms with Crippen LogP contribution in [-0.4, -0.2) is 60.0 Å². The standard InChI is InChI=1S/C28H31ClN6O4S/c1-4-35(5-2)40(37,38)22-13-7-19(8-14-22)15-16-30-23-17-25(34-28(36)39-6-3)33-27-26(23)31-18-24(32-27)20-9-11-21(29)12-10-20/h7-14,17-18H,4-6,15-16H2,1-3H3,(H2,30,32,33,34,36). The number of amides is 1. The van der Waals surface area contributed by atoms with Gasteiger partial charge in [0.2, 0.25) is 10.0 Å². The number of nitrogens with zero attached hydrogens (tertiary/aromatic N) is 4. The Hall–Kier alpha value is -3.80. The highest BCUT2D eigenvalue weighted by Crippen LogP contribution is 2.26. The molecule has 0 unspecified atom stereocenters. The third-order valence-electron chi connectivity index (χ3n) is 6.16. The maximum absolute atomic E-state index is 12.8. The van der Waals surface area contributed by atoms with Gasteiger partial charge in [-0.15, -0.1) is 0 Å². The molecule has 0 radical (unpaired) electrons. The van der Waals surface area contributed by atoms with Crippen molar-refractivity contribution in [1.29, 1.82) is 0 Å². The molecule has 4 rings (SSSR count). The summed E-state index contributed by atoms with van der Waals surface area (Å²) in [7, 11) is -3.51. The van der Waals surface area contributed by atoms with Crippen molar-refractivity contribution in [3.63, 3.8) is 0 Å². The summed E-state index contributed by atoms with van der Waals surface area (Å²) in [6.45, 7) is 6.93. The molecule has 0 fully saturated rings. The molecule has 4 aromatic rings. The fourth-order valence-corrected chi connectivity index (χ4v) is 5.70. The molecule has 0 spiro atoms. The van der Waals surface area contributed by atoms with Crippen LogP contribution in [0.15, 0.2) is 65.7 Å². The van der Waals surface area contributed by atoms with Crippen LogP contribution in [0.25, 0.3) is 22.4 Å². The van der Waals surface area contributed by atoms with Crippen LogP contribution in [0.2, 0.25) is 5.02 Å². The minimum absolute atomic E-state index is 0.222. The van der Waals surface area contributed by atoms with Crippen molar-refractivity contribution >= 4 is 50.4 Å². The van der Waals surface area contributed by atoms with Crippen molar-refractivity contribution < 1.29 is 17.9 Å². The van der Waals surface area contributed by atoms with E-state index in [4.69, 9.17) is 16.3 Å². The number of fused-ring (bicyclic) bond motifs is 1. The normalized spacial score (nSPS) is 11.5. The molecule has 40 heavy (non-hydrogen) atoms. The average molecular weight is 583 g/mol. The van der Waals surface area contributed by atoms with Gasteiger partial charge >= 0.3 is 6.09 Å². The summed E-state index contributed by atoms with van der Waals surface area (Å²) in [4.78, 5) is 26.1. The predicted molar refractivity (Wildman–Crippen MR) is 157 cm³/mol. The van der Waals surface area contributed by atoms with E-state index < -0.39 is 16.1 Å². The lowest BCUT2D eigenvalue weighted by Crippen LogP contribution is -2.30. The first-order valence-corrected chi connectivity index (χ1v) is 14.8. The highest BCUT2D eigenvalue weighted by atomic mass is 35.5. The summed E-state index contributed by atoms with van der Waals surface area (Å²) >= 11 is 6.02. The second kappa shape index (κ2) is 13.0. The van der Waals surface area contributed by atoms with Crippen LogP contribution in [0.3, 0.4) is 0 Å². The molecule has 0 saturated heterocycles. The minimum atomic E-state index is -3.51. The molecule has 0 bridgehead atoms. The second-order valence-electron chi connectivity index (χ2n) is 8.74. The molecular formula is C28H31ClN6O4S. The lowest BCUT2D eigenvalue weighted by atomic mass is 10.1. The lowest BCUT2D eigenvalue weighted by Gasteiger charge is -2.18. The number of carbonyl (C=O) groups is 1. The molecule has 10 nitrogen and oxygen atoms in total. The Morgan fingerprint density at radius 2 is 1.70 bits per heavy atom. The first kappa shape index (κ1) is 29.2. The molecule has 0 aliphatic rings. The highest BCUT2D eigenvalue weighted by Gasteiger charge is 2.21. The first-order valence-electron chi connectivity index (χ1n) is 13.0. The van der Waals surface area contributed by atoms with E-state index in [9.17, 15) is 13.2 Å². The van der Waals surface area contributed by atoms with Gasteiger partial charge in [-0.25, -0.2) is 28.2 Å². The number of nitrogens with one attached hydrogen (secondary N) is 2. The van der Waals surface area contributed by atoms with Crippen LogP contribution < -0.4 is 10.6 Å². The van der Waals surface area contributed by atoms with Crippen LogP contribution in [0.4, 0.5) is 16.3 Å². The molecule has 2 N–H and O–H groups in total. The first-order chi connectivity index (χ1) is 19.2. The summed E-state index contributed by atoms with van der Waals surface area (Å²) in [5, 5.41) is 6.60. The number of halogens is 1. The molecule has 210 valence electrons. The molecule has 0 aliphatic carbocycles. The Bertz CT molecular complexity index is 1580. The van der Waals surface area contributed by atoms with Gasteiger partial charge in [-0.2, -0.15) is 4.31 Å². The van der Waals surface area contributed by atoms with E-state index in [0.29, 0.717) is 53.6 Å². The van der Waals surface area contributed by atoms with Gasteiger partial charge < -0.3 is 10.1 Å². The topological polar surface area (TPSA) is 126 Å². The van der Waals surface area contributed by atoms with Gasteiger partial charge in [-0.05, 0) is 43.2 Å². The Morgan fingerprint density at radius 3 is 2.35 bits per heavy atom. The Labute approximate surface area is 238 Å². The maximum Gasteiger partial charge on any atom is 0.412 e. The number of benzene rings is 2. The summed E-state index contributed by atoms with van der Waals surface area (Å²) in [6.07, 6.45) is 1.65. The fourth-order valence-electron chi connectivity index (χ4n) is 4.11. The van der Waals surface area contributed by atoms with Gasteiger partial charge in [0.25, 0.3) is 0 Å². The lowest BCUT2D eigenvalue weighted by molar-refractivity contribution is 0.168. The SMILES string of the molecule is CCOC(=O)Nc1cc(NCCc2ccc(S(=O)(=O)N(CC)CC)cc2)c2ncc(-c3ccc(Cl)cc3)nc2n1. The number of anilines is 2. The van der Waals surface area contributed by atoms with Crippen molar-refractivity contribution in [3.05, 3.63) is 71.4 Å². The van der Waals surface area contributed by atoms with Crippen LogP contribution in [-0.2, 0) is 21.2 Å². The van der Waals surface area contributed by atoms with E-state index >= 15 is 0 Å². The quantitative estimate of drug-likeness (QED) is 0.234. The van der Waals surface area contributed by atoms with Gasteiger partial charge in [0.1, 0.15) is 11.3 Å². The Kier molecular flexibility index (Phi) is 9.51.